The van der Waals surface area contributed by atoms with Gasteiger partial charge in [0, 0.05) is 44.9 Å². The van der Waals surface area contributed by atoms with Gasteiger partial charge in [0.2, 0.25) is 0 Å². The van der Waals surface area contributed by atoms with Crippen LogP contribution in [-0.4, -0.2) is 80.7 Å². The predicted octanol–water partition coefficient (Wildman–Crippen LogP) is 7.61. The number of rotatable bonds is 11. The summed E-state index contributed by atoms with van der Waals surface area (Å²) in [6.45, 7) is 17.3. The number of nitrogens with zero attached hydrogens (tertiary/aromatic N) is 5. The lowest BCUT2D eigenvalue weighted by atomic mass is 9.96. The summed E-state index contributed by atoms with van der Waals surface area (Å²) in [5.41, 5.74) is 4.39. The van der Waals surface area contributed by atoms with E-state index < -0.39 is 8.32 Å². The van der Waals surface area contributed by atoms with Crippen molar-refractivity contribution in [1.29, 1.82) is 5.26 Å². The number of amides is 1. The van der Waals surface area contributed by atoms with Gasteiger partial charge in [-0.05, 0) is 47.8 Å². The van der Waals surface area contributed by atoms with E-state index >= 15 is 0 Å². The van der Waals surface area contributed by atoms with Crippen LogP contribution >= 0.6 is 0 Å². The van der Waals surface area contributed by atoms with E-state index in [2.05, 4.69) is 58.8 Å². The average molecular weight is 686 g/mol. The second-order valence-electron chi connectivity index (χ2n) is 14.3. The number of pyridine rings is 3. The molecule has 12 heteroatoms. The Morgan fingerprint density at radius 2 is 1.86 bits per heavy atom. The third kappa shape index (κ3) is 7.80. The predicted molar refractivity (Wildman–Crippen MR) is 190 cm³/mol. The fraction of sp³-hybridized carbons (Fsp3) is 0.486. The van der Waals surface area contributed by atoms with Crippen LogP contribution in [0.3, 0.4) is 0 Å². The first kappa shape index (κ1) is 36.0. The lowest BCUT2D eigenvalue weighted by Gasteiger charge is -2.36. The molecule has 0 radical (unpaired) electrons. The highest BCUT2D eigenvalue weighted by Gasteiger charge is 2.37. The van der Waals surface area contributed by atoms with E-state index in [-0.39, 0.29) is 28.7 Å². The van der Waals surface area contributed by atoms with E-state index in [1.807, 2.05) is 12.3 Å². The van der Waals surface area contributed by atoms with Crippen LogP contribution in [0, 0.1) is 11.3 Å². The summed E-state index contributed by atoms with van der Waals surface area (Å²) in [4.78, 5) is 29.0. The summed E-state index contributed by atoms with van der Waals surface area (Å²) >= 11 is 0. The lowest BCUT2D eigenvalue weighted by Crippen LogP contribution is -2.43. The molecule has 0 N–H and O–H groups in total. The third-order valence-electron chi connectivity index (χ3n) is 9.47. The Bertz CT molecular complexity index is 1850. The van der Waals surface area contributed by atoms with Gasteiger partial charge in [0.25, 0.3) is 5.91 Å². The number of fused-ring (bicyclic) bond motifs is 1. The highest BCUT2D eigenvalue weighted by Crippen LogP contribution is 2.40. The van der Waals surface area contributed by atoms with E-state index in [1.54, 1.807) is 30.1 Å². The minimum absolute atomic E-state index is 0.0223. The van der Waals surface area contributed by atoms with Crippen molar-refractivity contribution in [2.75, 3.05) is 40.5 Å². The lowest BCUT2D eigenvalue weighted by molar-refractivity contribution is 0.0253. The number of nitriles is 1. The SMILES string of the molecule is COc1cc(C(=O)N(C)CCO[Si](C)(C)C(C)(C)C)cnc1-c1cc2ncc(C(C)C)c(-c3ccc(OC4CCOCC4)c(C#N)n3)c2o1. The van der Waals surface area contributed by atoms with E-state index in [0.717, 1.165) is 24.0 Å². The molecule has 0 aromatic carbocycles. The maximum atomic E-state index is 13.4. The molecule has 0 spiro atoms. The van der Waals surface area contributed by atoms with Crippen LogP contribution in [0.2, 0.25) is 18.1 Å². The zero-order valence-corrected chi connectivity index (χ0v) is 31.0. The summed E-state index contributed by atoms with van der Waals surface area (Å²) in [6.07, 6.45) is 4.86. The van der Waals surface area contributed by atoms with Gasteiger partial charge in [0.1, 0.15) is 29.1 Å². The van der Waals surface area contributed by atoms with Crippen LogP contribution < -0.4 is 9.47 Å². The van der Waals surface area contributed by atoms with Crippen molar-refractivity contribution in [2.24, 2.45) is 0 Å². The fourth-order valence-electron chi connectivity index (χ4n) is 5.42. The molecule has 1 saturated heterocycles. The number of hydrogen-bond acceptors (Lipinski definition) is 10. The summed E-state index contributed by atoms with van der Waals surface area (Å²) in [5.74, 6) is 1.17. The van der Waals surface area contributed by atoms with Crippen molar-refractivity contribution in [1.82, 2.24) is 19.9 Å². The van der Waals surface area contributed by atoms with Crippen molar-refractivity contribution in [3.8, 4) is 40.3 Å². The molecule has 0 saturated carbocycles. The fourth-order valence-corrected chi connectivity index (χ4v) is 6.46. The van der Waals surface area contributed by atoms with Crippen LogP contribution in [0.25, 0.3) is 33.8 Å². The monoisotopic (exact) mass is 685 g/mol. The molecule has 1 aliphatic heterocycles. The largest absolute Gasteiger partial charge is 0.494 e. The van der Waals surface area contributed by atoms with Gasteiger partial charge in [-0.3, -0.25) is 9.78 Å². The van der Waals surface area contributed by atoms with Gasteiger partial charge in [-0.2, -0.15) is 5.26 Å². The number of hydrogen-bond donors (Lipinski definition) is 0. The number of carbonyl (C=O) groups is 1. The molecule has 1 fully saturated rings. The first-order valence-corrected chi connectivity index (χ1v) is 19.7. The molecule has 49 heavy (non-hydrogen) atoms. The van der Waals surface area contributed by atoms with Crippen molar-refractivity contribution >= 4 is 25.3 Å². The second kappa shape index (κ2) is 14.7. The molecular formula is C37H47N5O6Si. The van der Waals surface area contributed by atoms with Gasteiger partial charge in [0.15, 0.2) is 31.1 Å². The van der Waals surface area contributed by atoms with Crippen LogP contribution in [0.1, 0.15) is 75.0 Å². The first-order chi connectivity index (χ1) is 23.2. The van der Waals surface area contributed by atoms with E-state index in [9.17, 15) is 10.1 Å². The summed E-state index contributed by atoms with van der Waals surface area (Å²) in [6, 6.07) is 9.33. The van der Waals surface area contributed by atoms with Crippen LogP contribution in [0.5, 0.6) is 11.5 Å². The minimum Gasteiger partial charge on any atom is -0.494 e. The molecule has 0 atom stereocenters. The van der Waals surface area contributed by atoms with Crippen molar-refractivity contribution < 1.29 is 27.8 Å². The zero-order valence-electron chi connectivity index (χ0n) is 30.0. The molecule has 260 valence electrons. The Morgan fingerprint density at radius 1 is 1.12 bits per heavy atom. The summed E-state index contributed by atoms with van der Waals surface area (Å²) < 4.78 is 30.1. The van der Waals surface area contributed by atoms with Gasteiger partial charge in [-0.15, -0.1) is 0 Å². The molecule has 5 rings (SSSR count). The molecule has 0 bridgehead atoms. The Balaban J connectivity index is 1.44. The van der Waals surface area contributed by atoms with E-state index in [4.69, 9.17) is 33.0 Å². The third-order valence-corrected chi connectivity index (χ3v) is 14.0. The molecule has 0 aliphatic carbocycles. The highest BCUT2D eigenvalue weighted by molar-refractivity contribution is 6.74. The summed E-state index contributed by atoms with van der Waals surface area (Å²) in [7, 11) is 1.36. The van der Waals surface area contributed by atoms with Gasteiger partial charge in [-0.25, -0.2) is 9.97 Å². The van der Waals surface area contributed by atoms with E-state index in [1.165, 1.54) is 13.3 Å². The molecular weight excluding hydrogens is 639 g/mol. The second-order valence-corrected chi connectivity index (χ2v) is 19.1. The van der Waals surface area contributed by atoms with Gasteiger partial charge < -0.3 is 28.0 Å². The number of methoxy groups -OCH3 is 1. The highest BCUT2D eigenvalue weighted by atomic mass is 28.4. The maximum Gasteiger partial charge on any atom is 0.255 e. The molecule has 0 unspecified atom stereocenters. The summed E-state index contributed by atoms with van der Waals surface area (Å²) in [5, 5.41) is 10.1. The van der Waals surface area contributed by atoms with Gasteiger partial charge in [-0.1, -0.05) is 34.6 Å². The first-order valence-electron chi connectivity index (χ1n) is 16.8. The van der Waals surface area contributed by atoms with Crippen LogP contribution in [-0.2, 0) is 9.16 Å². The Hall–Kier alpha value is -4.31. The van der Waals surface area contributed by atoms with Gasteiger partial charge in [0.05, 0.1) is 43.8 Å². The average Bonchev–Trinajstić information content (AvgIpc) is 3.51. The zero-order chi connectivity index (χ0) is 35.5. The number of furan rings is 1. The minimum atomic E-state index is -1.93. The molecule has 4 aromatic heterocycles. The number of carbonyl (C=O) groups excluding carboxylic acids is 1. The number of aromatic nitrogens is 3. The molecule has 1 aliphatic rings. The van der Waals surface area contributed by atoms with Crippen molar-refractivity contribution in [2.45, 2.75) is 77.6 Å². The maximum absolute atomic E-state index is 13.4. The van der Waals surface area contributed by atoms with Gasteiger partial charge >= 0.3 is 0 Å². The quantitative estimate of drug-likeness (QED) is 0.145. The van der Waals surface area contributed by atoms with E-state index in [0.29, 0.717) is 71.7 Å². The Kier molecular flexibility index (Phi) is 10.8. The van der Waals surface area contributed by atoms with Crippen molar-refractivity contribution in [3.05, 3.63) is 53.5 Å². The smallest absolute Gasteiger partial charge is 0.255 e. The molecule has 1 amide bonds. The molecule has 11 nitrogen and oxygen atoms in total. The normalized spacial score (nSPS) is 14.2. The Labute approximate surface area is 289 Å². The standard InChI is InChI=1S/C37H47N5O6Si/c1-23(2)26-22-39-28-19-32(48-35(28)33(26)27-10-11-30(29(20-38)41-27)47-25-12-15-45-16-13-25)34-31(44-7)18-24(21-40-34)36(43)42(6)14-17-46-49(8,9)37(3,4)5/h10-11,18-19,21-23,25H,12-17H2,1-9H3. The Morgan fingerprint density at radius 3 is 2.51 bits per heavy atom. The number of likely N-dealkylation sites (N-methyl/N-ethyl adjacent to an activating group) is 1. The number of ether oxygens (including phenoxy) is 3. The molecule has 5 heterocycles. The molecule has 4 aromatic rings. The topological polar surface area (TPSA) is 133 Å². The van der Waals surface area contributed by atoms with Crippen LogP contribution in [0.15, 0.2) is 41.1 Å². The van der Waals surface area contributed by atoms with Crippen molar-refractivity contribution in [3.63, 3.8) is 0 Å². The van der Waals surface area contributed by atoms with Crippen LogP contribution in [0.4, 0.5) is 0 Å².